The molecule has 2 nitrogen and oxygen atoms in total. The van der Waals surface area contributed by atoms with Crippen molar-refractivity contribution >= 4 is 22.0 Å². The van der Waals surface area contributed by atoms with Crippen LogP contribution in [0.5, 0.6) is 0 Å². The van der Waals surface area contributed by atoms with Crippen LogP contribution >= 0.6 is 15.9 Å². The van der Waals surface area contributed by atoms with Crippen molar-refractivity contribution in [2.45, 2.75) is 31.7 Å². The zero-order chi connectivity index (χ0) is 11.4. The highest BCUT2D eigenvalue weighted by Crippen LogP contribution is 2.38. The number of carbonyl (C=O) groups excluding carboxylic acids is 1. The van der Waals surface area contributed by atoms with Crippen LogP contribution in [0.4, 0.5) is 0 Å². The van der Waals surface area contributed by atoms with Gasteiger partial charge in [0.25, 0.3) is 0 Å². The lowest BCUT2D eigenvalue weighted by atomic mass is 9.92. The fourth-order valence-electron chi connectivity index (χ4n) is 2.44. The molecule has 0 N–H and O–H groups in total. The molecule has 1 aromatic carbocycles. The summed E-state index contributed by atoms with van der Waals surface area (Å²) in [5.74, 6) is 0.516. The number of nitrogens with zero attached hydrogens (tertiary/aromatic N) is 1. The fourth-order valence-corrected chi connectivity index (χ4v) is 2.71. The molecular weight excluding hydrogens is 266 g/mol. The van der Waals surface area contributed by atoms with Crippen molar-refractivity contribution in [3.63, 3.8) is 0 Å². The Balaban J connectivity index is 2.24. The van der Waals surface area contributed by atoms with Crippen LogP contribution in [-0.2, 0) is 4.79 Å². The molecule has 1 saturated carbocycles. The summed E-state index contributed by atoms with van der Waals surface area (Å²) in [6.45, 7) is 0. The first-order valence-corrected chi connectivity index (χ1v) is 6.43. The number of benzene rings is 1. The Morgan fingerprint density at radius 2 is 1.88 bits per heavy atom. The van der Waals surface area contributed by atoms with Crippen LogP contribution in [-0.4, -0.2) is 6.08 Å². The van der Waals surface area contributed by atoms with Crippen LogP contribution in [0, 0.1) is 5.92 Å². The maximum absolute atomic E-state index is 10.5. The van der Waals surface area contributed by atoms with E-state index in [1.165, 1.54) is 25.7 Å². The Bertz CT molecular complexity index is 389. The Morgan fingerprint density at radius 3 is 2.44 bits per heavy atom. The smallest absolute Gasteiger partial charge is 0.211 e. The third-order valence-corrected chi connectivity index (χ3v) is 3.78. The van der Waals surface area contributed by atoms with E-state index in [4.69, 9.17) is 0 Å². The zero-order valence-corrected chi connectivity index (χ0v) is 10.6. The third-order valence-electron chi connectivity index (χ3n) is 3.25. The first-order valence-electron chi connectivity index (χ1n) is 5.63. The summed E-state index contributed by atoms with van der Waals surface area (Å²) in [5, 5.41) is 0. The molecule has 84 valence electrons. The normalized spacial score (nSPS) is 18.1. The molecule has 0 aromatic heterocycles. The summed E-state index contributed by atoms with van der Waals surface area (Å²) < 4.78 is 1.05. The Labute approximate surface area is 104 Å². The van der Waals surface area contributed by atoms with E-state index in [2.05, 4.69) is 20.9 Å². The van der Waals surface area contributed by atoms with Crippen LogP contribution in [0.2, 0.25) is 0 Å². The Kier molecular flexibility index (Phi) is 3.92. The largest absolute Gasteiger partial charge is 0.235 e. The average molecular weight is 280 g/mol. The second kappa shape index (κ2) is 5.42. The highest BCUT2D eigenvalue weighted by Gasteiger charge is 2.25. The van der Waals surface area contributed by atoms with E-state index in [-0.39, 0.29) is 6.04 Å². The monoisotopic (exact) mass is 279 g/mol. The van der Waals surface area contributed by atoms with Crippen molar-refractivity contribution < 1.29 is 4.79 Å². The van der Waals surface area contributed by atoms with Gasteiger partial charge in [-0.05, 0) is 36.5 Å². The van der Waals surface area contributed by atoms with Gasteiger partial charge in [-0.15, -0.1) is 0 Å². The van der Waals surface area contributed by atoms with Crippen molar-refractivity contribution in [1.29, 1.82) is 0 Å². The Hall–Kier alpha value is -0.920. The number of aliphatic imine (C=N–C) groups is 1. The molecule has 16 heavy (non-hydrogen) atoms. The van der Waals surface area contributed by atoms with Crippen LogP contribution in [0.25, 0.3) is 0 Å². The van der Waals surface area contributed by atoms with Gasteiger partial charge in [0.2, 0.25) is 6.08 Å². The maximum atomic E-state index is 10.5. The average Bonchev–Trinajstić information content (AvgIpc) is 2.81. The van der Waals surface area contributed by atoms with Crippen molar-refractivity contribution in [3.05, 3.63) is 34.3 Å². The summed E-state index contributed by atoms with van der Waals surface area (Å²) in [7, 11) is 0. The predicted molar refractivity (Wildman–Crippen MR) is 67.0 cm³/mol. The summed E-state index contributed by atoms with van der Waals surface area (Å²) >= 11 is 3.41. The van der Waals surface area contributed by atoms with E-state index in [0.29, 0.717) is 5.92 Å². The van der Waals surface area contributed by atoms with E-state index >= 15 is 0 Å². The van der Waals surface area contributed by atoms with Crippen molar-refractivity contribution in [1.82, 2.24) is 0 Å². The molecule has 1 atom stereocenters. The van der Waals surface area contributed by atoms with Gasteiger partial charge < -0.3 is 0 Å². The van der Waals surface area contributed by atoms with Crippen molar-refractivity contribution in [3.8, 4) is 0 Å². The molecule has 1 unspecified atom stereocenters. The van der Waals surface area contributed by atoms with Gasteiger partial charge >= 0.3 is 0 Å². The molecule has 0 radical (unpaired) electrons. The van der Waals surface area contributed by atoms with Gasteiger partial charge in [0.05, 0.1) is 6.04 Å². The minimum absolute atomic E-state index is 0.00750. The molecule has 2 rings (SSSR count). The van der Waals surface area contributed by atoms with Gasteiger partial charge in [0.1, 0.15) is 0 Å². The topological polar surface area (TPSA) is 29.4 Å². The molecular formula is C13H14BrNO. The first kappa shape index (κ1) is 11.6. The highest BCUT2D eigenvalue weighted by molar-refractivity contribution is 9.10. The molecule has 3 heteroatoms. The van der Waals surface area contributed by atoms with Crippen LogP contribution in [0.3, 0.4) is 0 Å². The number of hydrogen-bond donors (Lipinski definition) is 0. The standard InChI is InChI=1S/C13H14BrNO/c14-12-7-5-11(6-8-12)13(15-9-16)10-3-1-2-4-10/h5-8,10,13H,1-4H2. The van der Waals surface area contributed by atoms with E-state index in [9.17, 15) is 4.79 Å². The molecule has 0 bridgehead atoms. The molecule has 1 aliphatic carbocycles. The second-order valence-electron chi connectivity index (χ2n) is 4.26. The molecule has 0 aliphatic heterocycles. The number of isocyanates is 1. The van der Waals surface area contributed by atoms with Crippen molar-refractivity contribution in [2.75, 3.05) is 0 Å². The highest BCUT2D eigenvalue weighted by atomic mass is 79.9. The lowest BCUT2D eigenvalue weighted by Crippen LogP contribution is -2.07. The molecule has 0 saturated heterocycles. The van der Waals surface area contributed by atoms with Crippen LogP contribution < -0.4 is 0 Å². The Morgan fingerprint density at radius 1 is 1.25 bits per heavy atom. The molecule has 0 heterocycles. The zero-order valence-electron chi connectivity index (χ0n) is 9.03. The quantitative estimate of drug-likeness (QED) is 0.607. The summed E-state index contributed by atoms with van der Waals surface area (Å²) in [4.78, 5) is 14.5. The van der Waals surface area contributed by atoms with Crippen LogP contribution in [0.1, 0.15) is 37.3 Å². The van der Waals surface area contributed by atoms with Gasteiger partial charge in [0, 0.05) is 4.47 Å². The van der Waals surface area contributed by atoms with E-state index in [1.54, 1.807) is 6.08 Å². The lowest BCUT2D eigenvalue weighted by Gasteiger charge is -2.18. The summed E-state index contributed by atoms with van der Waals surface area (Å²) in [6, 6.07) is 8.07. The summed E-state index contributed by atoms with van der Waals surface area (Å²) in [6.07, 6.45) is 6.58. The van der Waals surface area contributed by atoms with Crippen molar-refractivity contribution in [2.24, 2.45) is 10.9 Å². The predicted octanol–water partition coefficient (Wildman–Crippen LogP) is 4.02. The maximum Gasteiger partial charge on any atom is 0.235 e. The van der Waals surface area contributed by atoms with E-state index < -0.39 is 0 Å². The van der Waals surface area contributed by atoms with E-state index in [1.807, 2.05) is 24.3 Å². The van der Waals surface area contributed by atoms with Crippen LogP contribution in [0.15, 0.2) is 33.7 Å². The molecule has 0 spiro atoms. The molecule has 0 amide bonds. The SMILES string of the molecule is O=C=NC(c1ccc(Br)cc1)C1CCCC1. The van der Waals surface area contributed by atoms with E-state index in [0.717, 1.165) is 10.0 Å². The van der Waals surface area contributed by atoms with Gasteiger partial charge in [-0.2, -0.15) is 4.99 Å². The molecule has 1 aliphatic rings. The lowest BCUT2D eigenvalue weighted by molar-refractivity contribution is 0.442. The third kappa shape index (κ3) is 2.60. The number of halogens is 1. The number of hydrogen-bond acceptors (Lipinski definition) is 2. The van der Waals surface area contributed by atoms with Gasteiger partial charge in [-0.3, -0.25) is 0 Å². The first-order chi connectivity index (χ1) is 7.81. The summed E-state index contributed by atoms with van der Waals surface area (Å²) in [5.41, 5.74) is 1.12. The molecule has 1 fully saturated rings. The number of rotatable bonds is 3. The minimum atomic E-state index is 0.00750. The van der Waals surface area contributed by atoms with Gasteiger partial charge in [-0.1, -0.05) is 40.9 Å². The second-order valence-corrected chi connectivity index (χ2v) is 5.18. The molecule has 1 aromatic rings. The van der Waals surface area contributed by atoms with Gasteiger partial charge in [0.15, 0.2) is 0 Å². The fraction of sp³-hybridized carbons (Fsp3) is 0.462. The minimum Gasteiger partial charge on any atom is -0.211 e. The van der Waals surface area contributed by atoms with Gasteiger partial charge in [-0.25, -0.2) is 4.79 Å².